The van der Waals surface area contributed by atoms with Crippen molar-refractivity contribution in [3.05, 3.63) is 65.7 Å². The number of ether oxygens (including phenoxy) is 1. The van der Waals surface area contributed by atoms with Gasteiger partial charge in [0.15, 0.2) is 6.23 Å². The van der Waals surface area contributed by atoms with Gasteiger partial charge >= 0.3 is 0 Å². The van der Waals surface area contributed by atoms with Crippen LogP contribution in [0.15, 0.2) is 59.5 Å². The molecule has 0 radical (unpaired) electrons. The lowest BCUT2D eigenvalue weighted by atomic mass is 10.2. The minimum absolute atomic E-state index is 0.00622. The maximum atomic E-state index is 13.1. The molecule has 1 fully saturated rings. The summed E-state index contributed by atoms with van der Waals surface area (Å²) in [5.74, 6) is 0. The number of benzene rings is 2. The van der Waals surface area contributed by atoms with Gasteiger partial charge in [-0.3, -0.25) is 0 Å². The summed E-state index contributed by atoms with van der Waals surface area (Å²) in [5.41, 5.74) is 1.67. The van der Waals surface area contributed by atoms with Crippen LogP contribution in [0.2, 0.25) is 0 Å². The van der Waals surface area contributed by atoms with Crippen LogP contribution in [0.5, 0.6) is 0 Å². The zero-order valence-corrected chi connectivity index (χ0v) is 13.5. The first-order valence-electron chi connectivity index (χ1n) is 7.37. The lowest BCUT2D eigenvalue weighted by Gasteiger charge is -2.22. The maximum absolute atomic E-state index is 13.1. The van der Waals surface area contributed by atoms with Gasteiger partial charge in [0.2, 0.25) is 10.0 Å². The van der Waals surface area contributed by atoms with Crippen LogP contribution in [0, 0.1) is 6.92 Å². The van der Waals surface area contributed by atoms with Crippen molar-refractivity contribution in [3.63, 3.8) is 0 Å². The molecular formula is C17H18FNO3S. The molecule has 2 atom stereocenters. The van der Waals surface area contributed by atoms with Crippen molar-refractivity contribution in [1.29, 1.82) is 0 Å². The summed E-state index contributed by atoms with van der Waals surface area (Å²) in [4.78, 5) is 0.187. The predicted molar refractivity (Wildman–Crippen MR) is 85.1 cm³/mol. The average molecular weight is 335 g/mol. The van der Waals surface area contributed by atoms with Gasteiger partial charge in [-0.1, -0.05) is 48.0 Å². The Balaban J connectivity index is 1.99. The molecule has 2 aromatic carbocycles. The molecule has 3 rings (SSSR count). The summed E-state index contributed by atoms with van der Waals surface area (Å²) in [7, 11) is -3.75. The van der Waals surface area contributed by atoms with Gasteiger partial charge in [-0.05, 0) is 24.6 Å². The van der Waals surface area contributed by atoms with Crippen molar-refractivity contribution in [1.82, 2.24) is 4.31 Å². The van der Waals surface area contributed by atoms with Crippen molar-refractivity contribution in [2.75, 3.05) is 13.2 Å². The fourth-order valence-corrected chi connectivity index (χ4v) is 4.14. The molecular weight excluding hydrogens is 317 g/mol. The van der Waals surface area contributed by atoms with E-state index in [-0.39, 0.29) is 11.4 Å². The molecule has 0 aliphatic carbocycles. The van der Waals surface area contributed by atoms with Gasteiger partial charge in [0, 0.05) is 6.54 Å². The molecule has 1 aliphatic rings. The zero-order valence-electron chi connectivity index (χ0n) is 12.7. The van der Waals surface area contributed by atoms with Crippen LogP contribution in [0.3, 0.4) is 0 Å². The Labute approximate surface area is 135 Å². The van der Waals surface area contributed by atoms with E-state index in [0.29, 0.717) is 5.56 Å². The van der Waals surface area contributed by atoms with E-state index >= 15 is 0 Å². The lowest BCUT2D eigenvalue weighted by Crippen LogP contribution is -2.32. The maximum Gasteiger partial charge on any atom is 0.245 e. The average Bonchev–Trinajstić information content (AvgIpc) is 3.01. The molecule has 0 spiro atoms. The second kappa shape index (κ2) is 6.39. The first-order valence-corrected chi connectivity index (χ1v) is 8.81. The number of hydrogen-bond acceptors (Lipinski definition) is 3. The van der Waals surface area contributed by atoms with Crippen LogP contribution in [0.4, 0.5) is 4.39 Å². The van der Waals surface area contributed by atoms with E-state index in [0.717, 1.165) is 5.56 Å². The highest BCUT2D eigenvalue weighted by Gasteiger charge is 2.41. The van der Waals surface area contributed by atoms with E-state index in [9.17, 15) is 12.8 Å². The third kappa shape index (κ3) is 3.15. The number of hydrogen-bond donors (Lipinski definition) is 0. The van der Waals surface area contributed by atoms with E-state index in [2.05, 4.69) is 0 Å². The van der Waals surface area contributed by atoms with E-state index in [1.165, 1.54) is 4.31 Å². The molecule has 2 unspecified atom stereocenters. The standard InChI is InChI=1S/C17H18FNO3S/c1-13-7-9-16(10-8-13)23(20,21)19-12-15(11-18)22-17(19)14-5-3-2-4-6-14/h2-10,15,17H,11-12H2,1H3. The summed E-state index contributed by atoms with van der Waals surface area (Å²) in [6, 6.07) is 15.6. The summed E-state index contributed by atoms with van der Waals surface area (Å²) < 4.78 is 45.7. The van der Waals surface area contributed by atoms with Crippen LogP contribution in [-0.2, 0) is 14.8 Å². The SMILES string of the molecule is Cc1ccc(S(=O)(=O)N2CC(CF)OC2c2ccccc2)cc1. The van der Waals surface area contributed by atoms with Gasteiger partial charge in [-0.2, -0.15) is 4.31 Å². The first kappa shape index (κ1) is 16.1. The molecule has 122 valence electrons. The van der Waals surface area contributed by atoms with Crippen molar-refractivity contribution >= 4 is 10.0 Å². The highest BCUT2D eigenvalue weighted by Crippen LogP contribution is 2.35. The van der Waals surface area contributed by atoms with Crippen molar-refractivity contribution < 1.29 is 17.5 Å². The van der Waals surface area contributed by atoms with Crippen molar-refractivity contribution in [2.24, 2.45) is 0 Å². The number of rotatable bonds is 4. The summed E-state index contributed by atoms with van der Waals surface area (Å²) in [5, 5.41) is 0. The highest BCUT2D eigenvalue weighted by molar-refractivity contribution is 7.89. The van der Waals surface area contributed by atoms with E-state index in [1.54, 1.807) is 48.5 Å². The minimum Gasteiger partial charge on any atom is -0.350 e. The molecule has 2 aromatic rings. The fraction of sp³-hybridized carbons (Fsp3) is 0.294. The molecule has 1 heterocycles. The third-order valence-electron chi connectivity index (χ3n) is 3.85. The van der Waals surface area contributed by atoms with Crippen molar-refractivity contribution in [3.8, 4) is 0 Å². The van der Waals surface area contributed by atoms with Crippen LogP contribution < -0.4 is 0 Å². The van der Waals surface area contributed by atoms with Crippen LogP contribution in [-0.4, -0.2) is 32.0 Å². The largest absolute Gasteiger partial charge is 0.350 e. The first-order chi connectivity index (χ1) is 11.0. The van der Waals surface area contributed by atoms with Crippen LogP contribution >= 0.6 is 0 Å². The Morgan fingerprint density at radius 1 is 1.13 bits per heavy atom. The number of aryl methyl sites for hydroxylation is 1. The van der Waals surface area contributed by atoms with E-state index < -0.39 is 29.0 Å². The fourth-order valence-electron chi connectivity index (χ4n) is 2.61. The molecule has 6 heteroatoms. The molecule has 1 saturated heterocycles. The van der Waals surface area contributed by atoms with Crippen LogP contribution in [0.25, 0.3) is 0 Å². The molecule has 4 nitrogen and oxygen atoms in total. The summed E-state index contributed by atoms with van der Waals surface area (Å²) in [6.07, 6.45) is -1.55. The van der Waals surface area contributed by atoms with Gasteiger partial charge in [0.05, 0.1) is 4.90 Å². The molecule has 0 aromatic heterocycles. The number of nitrogens with zero attached hydrogens (tertiary/aromatic N) is 1. The normalized spacial score (nSPS) is 22.3. The number of sulfonamides is 1. The number of halogens is 1. The Kier molecular flexibility index (Phi) is 4.48. The zero-order chi connectivity index (χ0) is 16.4. The molecule has 0 amide bonds. The van der Waals surface area contributed by atoms with Crippen molar-refractivity contribution in [2.45, 2.75) is 24.2 Å². The lowest BCUT2D eigenvalue weighted by molar-refractivity contribution is 0.0109. The number of alkyl halides is 1. The van der Waals surface area contributed by atoms with Crippen LogP contribution in [0.1, 0.15) is 17.4 Å². The highest BCUT2D eigenvalue weighted by atomic mass is 32.2. The Bertz CT molecular complexity index is 762. The Morgan fingerprint density at radius 2 is 1.78 bits per heavy atom. The quantitative estimate of drug-likeness (QED) is 0.863. The topological polar surface area (TPSA) is 46.6 Å². The van der Waals surface area contributed by atoms with E-state index in [4.69, 9.17) is 4.74 Å². The Hall–Kier alpha value is -1.76. The summed E-state index contributed by atoms with van der Waals surface area (Å²) in [6.45, 7) is 1.18. The second-order valence-electron chi connectivity index (χ2n) is 5.56. The predicted octanol–water partition coefficient (Wildman–Crippen LogP) is 3.05. The van der Waals surface area contributed by atoms with Gasteiger partial charge in [-0.15, -0.1) is 0 Å². The molecule has 0 saturated carbocycles. The second-order valence-corrected chi connectivity index (χ2v) is 7.45. The third-order valence-corrected chi connectivity index (χ3v) is 5.68. The molecule has 23 heavy (non-hydrogen) atoms. The summed E-state index contributed by atoms with van der Waals surface area (Å²) >= 11 is 0. The smallest absolute Gasteiger partial charge is 0.245 e. The van der Waals surface area contributed by atoms with Gasteiger partial charge in [0.1, 0.15) is 12.8 Å². The van der Waals surface area contributed by atoms with Gasteiger partial charge in [0.25, 0.3) is 0 Å². The Morgan fingerprint density at radius 3 is 2.39 bits per heavy atom. The molecule has 0 N–H and O–H groups in total. The van der Waals surface area contributed by atoms with E-state index in [1.807, 2.05) is 13.0 Å². The van der Waals surface area contributed by atoms with Gasteiger partial charge < -0.3 is 4.74 Å². The van der Waals surface area contributed by atoms with Gasteiger partial charge in [-0.25, -0.2) is 12.8 Å². The minimum atomic E-state index is -3.75. The monoisotopic (exact) mass is 335 g/mol. The molecule has 0 bridgehead atoms. The molecule has 1 aliphatic heterocycles.